The highest BCUT2D eigenvalue weighted by Crippen LogP contribution is 2.11. The monoisotopic (exact) mass is 354 g/mol. The molecule has 2 N–H and O–H groups in total. The number of aliphatic hydroxyl groups excluding tert-OH is 1. The van der Waals surface area contributed by atoms with Gasteiger partial charge in [-0.3, -0.25) is 4.79 Å². The molecule has 0 aliphatic rings. The number of carbonyl (C=O) groups is 1. The number of unbranched alkanes of at least 4 members (excludes halogenated alkanes) is 12. The zero-order valence-electron chi connectivity index (χ0n) is 17.0. The molecule has 25 heavy (non-hydrogen) atoms. The molecule has 0 radical (unpaired) electrons. The first-order valence-electron chi connectivity index (χ1n) is 10.4. The Labute approximate surface area is 156 Å². The number of aliphatic hydroxyl groups is 1. The third-order valence-corrected chi connectivity index (χ3v) is 4.01. The summed E-state index contributed by atoms with van der Waals surface area (Å²) < 4.78 is 0. The number of hydrogen-bond acceptors (Lipinski definition) is 2. The maximum atomic E-state index is 9.66. The molecule has 0 amide bonds. The fourth-order valence-electron chi connectivity index (χ4n) is 2.55. The van der Waals surface area contributed by atoms with Gasteiger partial charge < -0.3 is 10.2 Å². The van der Waals surface area contributed by atoms with Gasteiger partial charge in [-0.25, -0.2) is 0 Å². The molecule has 0 heterocycles. The van der Waals surface area contributed by atoms with Crippen LogP contribution in [0.1, 0.15) is 117 Å². The summed E-state index contributed by atoms with van der Waals surface area (Å²) in [5.74, 6) is 5.28. The molecule has 0 saturated carbocycles. The van der Waals surface area contributed by atoms with Crippen molar-refractivity contribution in [2.24, 2.45) is 0 Å². The number of carboxylic acid groups (broad SMARTS) is 1. The molecule has 0 fully saturated rings. The van der Waals surface area contributed by atoms with Crippen LogP contribution in [0.4, 0.5) is 0 Å². The molecular formula is C22H42O3. The second kappa shape index (κ2) is 23.0. The lowest BCUT2D eigenvalue weighted by atomic mass is 10.1. The van der Waals surface area contributed by atoms with Crippen molar-refractivity contribution in [2.75, 3.05) is 0 Å². The minimum Gasteiger partial charge on any atom is -0.481 e. The van der Waals surface area contributed by atoms with Gasteiger partial charge in [-0.05, 0) is 19.3 Å². The maximum Gasteiger partial charge on any atom is 0.300 e. The summed E-state index contributed by atoms with van der Waals surface area (Å²) in [5.41, 5.74) is 0. The molecular weight excluding hydrogens is 312 g/mol. The van der Waals surface area contributed by atoms with Crippen LogP contribution < -0.4 is 0 Å². The Morgan fingerprint density at radius 2 is 1.20 bits per heavy atom. The quantitative estimate of drug-likeness (QED) is 0.283. The van der Waals surface area contributed by atoms with Gasteiger partial charge in [0.05, 0.1) is 0 Å². The summed E-state index contributed by atoms with van der Waals surface area (Å²) in [6, 6.07) is 0. The molecule has 0 aromatic heterocycles. The van der Waals surface area contributed by atoms with E-state index in [0.717, 1.165) is 26.2 Å². The fraction of sp³-hybridized carbons (Fsp3) is 0.864. The summed E-state index contributed by atoms with van der Waals surface area (Å²) in [4.78, 5) is 9.00. The van der Waals surface area contributed by atoms with Crippen LogP contribution in [0.15, 0.2) is 0 Å². The van der Waals surface area contributed by atoms with Crippen molar-refractivity contribution in [3.05, 3.63) is 0 Å². The Hall–Kier alpha value is -1.01. The highest BCUT2D eigenvalue weighted by molar-refractivity contribution is 5.62. The molecule has 148 valence electrons. The van der Waals surface area contributed by atoms with Crippen molar-refractivity contribution in [3.63, 3.8) is 0 Å². The Bertz CT molecular complexity index is 324. The van der Waals surface area contributed by atoms with E-state index in [2.05, 4.69) is 25.7 Å². The Morgan fingerprint density at radius 1 is 0.800 bits per heavy atom. The average molecular weight is 355 g/mol. The minimum atomic E-state index is -0.833. The normalized spacial score (nSPS) is 11.0. The largest absolute Gasteiger partial charge is 0.481 e. The van der Waals surface area contributed by atoms with Gasteiger partial charge in [0, 0.05) is 13.3 Å². The third-order valence-electron chi connectivity index (χ3n) is 4.01. The zero-order valence-corrected chi connectivity index (χ0v) is 17.0. The van der Waals surface area contributed by atoms with Crippen molar-refractivity contribution < 1.29 is 15.0 Å². The van der Waals surface area contributed by atoms with Crippen LogP contribution in [0.3, 0.4) is 0 Å². The van der Waals surface area contributed by atoms with Gasteiger partial charge in [0.25, 0.3) is 5.97 Å². The second-order valence-electron chi connectivity index (χ2n) is 6.78. The van der Waals surface area contributed by atoms with E-state index in [4.69, 9.17) is 9.90 Å². The van der Waals surface area contributed by atoms with Gasteiger partial charge in [-0.1, -0.05) is 90.4 Å². The van der Waals surface area contributed by atoms with Crippen LogP contribution in [0, 0.1) is 11.8 Å². The molecule has 0 rings (SSSR count). The first-order chi connectivity index (χ1) is 12.0. The average Bonchev–Trinajstić information content (AvgIpc) is 2.55. The third kappa shape index (κ3) is 31.3. The Morgan fingerprint density at radius 3 is 1.68 bits per heavy atom. The van der Waals surface area contributed by atoms with E-state index in [1.807, 2.05) is 0 Å². The molecule has 0 aromatic carbocycles. The standard InChI is InChI=1S/C20H38O.C2H4O2/c1-3-5-7-8-9-10-11-12-13-14-15-17-19-20(21)18-16-6-4-2;1-2(3)4/h20-21H,3-16,18H2,1-2H3;1H3,(H,3,4)/t20-;/m1./s1. The summed E-state index contributed by atoms with van der Waals surface area (Å²) in [6.07, 6.45) is 18.6. The van der Waals surface area contributed by atoms with Gasteiger partial charge >= 0.3 is 0 Å². The van der Waals surface area contributed by atoms with Crippen molar-refractivity contribution in [3.8, 4) is 11.8 Å². The predicted molar refractivity (Wildman–Crippen MR) is 108 cm³/mol. The van der Waals surface area contributed by atoms with Gasteiger partial charge in [0.15, 0.2) is 0 Å². The van der Waals surface area contributed by atoms with Gasteiger partial charge in [-0.15, -0.1) is 5.92 Å². The van der Waals surface area contributed by atoms with E-state index in [-0.39, 0.29) is 6.10 Å². The van der Waals surface area contributed by atoms with Crippen molar-refractivity contribution in [1.29, 1.82) is 0 Å². The predicted octanol–water partition coefficient (Wildman–Crippen LogP) is 6.33. The van der Waals surface area contributed by atoms with Crippen LogP contribution in [0.25, 0.3) is 0 Å². The first-order valence-corrected chi connectivity index (χ1v) is 10.4. The highest BCUT2D eigenvalue weighted by atomic mass is 16.4. The van der Waals surface area contributed by atoms with Crippen molar-refractivity contribution in [2.45, 2.75) is 123 Å². The SMILES string of the molecule is CC(=O)O.CCCCCCCCCCCCC#C[C@H](O)CCCCC. The molecule has 0 unspecified atom stereocenters. The van der Waals surface area contributed by atoms with Gasteiger partial charge in [0.1, 0.15) is 6.10 Å². The van der Waals surface area contributed by atoms with E-state index < -0.39 is 5.97 Å². The van der Waals surface area contributed by atoms with Crippen LogP contribution in [-0.4, -0.2) is 22.3 Å². The molecule has 0 aromatic rings. The molecule has 3 nitrogen and oxygen atoms in total. The molecule has 3 heteroatoms. The lowest BCUT2D eigenvalue weighted by molar-refractivity contribution is -0.134. The van der Waals surface area contributed by atoms with Crippen molar-refractivity contribution in [1.82, 2.24) is 0 Å². The summed E-state index contributed by atoms with van der Waals surface area (Å²) in [6.45, 7) is 5.54. The molecule has 0 spiro atoms. The van der Waals surface area contributed by atoms with Gasteiger partial charge in [-0.2, -0.15) is 0 Å². The lowest BCUT2D eigenvalue weighted by Gasteiger charge is -2.02. The summed E-state index contributed by atoms with van der Waals surface area (Å²) in [5, 5.41) is 17.1. The Balaban J connectivity index is 0. The fourth-order valence-corrected chi connectivity index (χ4v) is 2.55. The first kappa shape index (κ1) is 26.2. The van der Waals surface area contributed by atoms with E-state index >= 15 is 0 Å². The van der Waals surface area contributed by atoms with Gasteiger partial charge in [0.2, 0.25) is 0 Å². The number of aliphatic carboxylic acids is 1. The van der Waals surface area contributed by atoms with E-state index in [9.17, 15) is 5.11 Å². The topological polar surface area (TPSA) is 57.5 Å². The van der Waals surface area contributed by atoms with Crippen LogP contribution in [0.2, 0.25) is 0 Å². The van der Waals surface area contributed by atoms with Crippen LogP contribution >= 0.6 is 0 Å². The summed E-state index contributed by atoms with van der Waals surface area (Å²) >= 11 is 0. The van der Waals surface area contributed by atoms with Crippen molar-refractivity contribution >= 4 is 5.97 Å². The Kier molecular flexibility index (Phi) is 24.1. The molecule has 1 atom stereocenters. The zero-order chi connectivity index (χ0) is 19.2. The highest BCUT2D eigenvalue weighted by Gasteiger charge is 1.97. The number of carboxylic acids is 1. The smallest absolute Gasteiger partial charge is 0.300 e. The minimum absolute atomic E-state index is 0.389. The van der Waals surface area contributed by atoms with E-state index in [0.29, 0.717) is 0 Å². The molecule has 0 saturated heterocycles. The lowest BCUT2D eigenvalue weighted by Crippen LogP contribution is -2.01. The molecule has 0 aliphatic heterocycles. The van der Waals surface area contributed by atoms with Crippen LogP contribution in [0.5, 0.6) is 0 Å². The maximum absolute atomic E-state index is 9.66. The second-order valence-corrected chi connectivity index (χ2v) is 6.78. The summed E-state index contributed by atoms with van der Waals surface area (Å²) in [7, 11) is 0. The molecule has 0 bridgehead atoms. The molecule has 0 aliphatic carbocycles. The van der Waals surface area contributed by atoms with Crippen LogP contribution in [-0.2, 0) is 4.79 Å². The van der Waals surface area contributed by atoms with E-state index in [1.165, 1.54) is 77.0 Å². The number of hydrogen-bond donors (Lipinski definition) is 2. The van der Waals surface area contributed by atoms with E-state index in [1.54, 1.807) is 0 Å². The number of rotatable bonds is 14.